The van der Waals surface area contributed by atoms with Gasteiger partial charge in [-0.2, -0.15) is 0 Å². The SMILES string of the molecule is CCCCCCC=CCCCCCCCCCCCCC=CCCC(OC)C(=O)O. The van der Waals surface area contributed by atoms with Gasteiger partial charge in [0.25, 0.3) is 0 Å². The third-order valence-corrected chi connectivity index (χ3v) is 5.70. The van der Waals surface area contributed by atoms with Gasteiger partial charge < -0.3 is 9.84 Å². The van der Waals surface area contributed by atoms with E-state index in [1.165, 1.54) is 110 Å². The number of carboxylic acid groups (broad SMARTS) is 1. The lowest BCUT2D eigenvalue weighted by molar-refractivity contribution is -0.148. The topological polar surface area (TPSA) is 46.5 Å². The minimum atomic E-state index is -0.869. The van der Waals surface area contributed by atoms with Crippen molar-refractivity contribution in [3.63, 3.8) is 0 Å². The van der Waals surface area contributed by atoms with Gasteiger partial charge in [0.1, 0.15) is 0 Å². The Balaban J connectivity index is 3.22. The van der Waals surface area contributed by atoms with E-state index in [-0.39, 0.29) is 0 Å². The zero-order valence-corrected chi connectivity index (χ0v) is 20.1. The number of carbonyl (C=O) groups is 1. The van der Waals surface area contributed by atoms with Crippen LogP contribution in [0.15, 0.2) is 24.3 Å². The van der Waals surface area contributed by atoms with Gasteiger partial charge in [-0.3, -0.25) is 0 Å². The minimum absolute atomic E-state index is 0.554. The molecule has 3 heteroatoms. The van der Waals surface area contributed by atoms with E-state index in [9.17, 15) is 4.79 Å². The highest BCUT2D eigenvalue weighted by Crippen LogP contribution is 2.13. The van der Waals surface area contributed by atoms with Crippen LogP contribution in [0.2, 0.25) is 0 Å². The molecule has 1 unspecified atom stereocenters. The summed E-state index contributed by atoms with van der Waals surface area (Å²) >= 11 is 0. The van der Waals surface area contributed by atoms with Gasteiger partial charge in [0, 0.05) is 7.11 Å². The van der Waals surface area contributed by atoms with E-state index in [0.717, 1.165) is 12.8 Å². The van der Waals surface area contributed by atoms with Gasteiger partial charge in [0.15, 0.2) is 6.10 Å². The van der Waals surface area contributed by atoms with Gasteiger partial charge in [-0.05, 0) is 51.4 Å². The molecular formula is C27H50O3. The maximum Gasteiger partial charge on any atom is 0.332 e. The molecule has 0 aliphatic heterocycles. The van der Waals surface area contributed by atoms with Crippen molar-refractivity contribution in [1.82, 2.24) is 0 Å². The summed E-state index contributed by atoms with van der Waals surface area (Å²) in [5, 5.41) is 8.89. The Morgan fingerprint density at radius 1 is 0.667 bits per heavy atom. The smallest absolute Gasteiger partial charge is 0.332 e. The lowest BCUT2D eigenvalue weighted by Crippen LogP contribution is -2.21. The van der Waals surface area contributed by atoms with Crippen LogP contribution in [-0.2, 0) is 9.53 Å². The van der Waals surface area contributed by atoms with Crippen LogP contribution in [0, 0.1) is 0 Å². The summed E-state index contributed by atoms with van der Waals surface area (Å²) in [6, 6.07) is 0. The number of aliphatic carboxylic acids is 1. The van der Waals surface area contributed by atoms with Crippen LogP contribution in [0.4, 0.5) is 0 Å². The van der Waals surface area contributed by atoms with E-state index < -0.39 is 12.1 Å². The molecule has 1 atom stereocenters. The average molecular weight is 423 g/mol. The van der Waals surface area contributed by atoms with Crippen LogP contribution < -0.4 is 0 Å². The zero-order chi connectivity index (χ0) is 22.1. The largest absolute Gasteiger partial charge is 0.479 e. The summed E-state index contributed by atoms with van der Waals surface area (Å²) in [4.78, 5) is 10.8. The van der Waals surface area contributed by atoms with E-state index in [0.29, 0.717) is 6.42 Å². The first-order valence-electron chi connectivity index (χ1n) is 12.8. The maximum atomic E-state index is 10.8. The normalized spacial score (nSPS) is 12.9. The number of unbranched alkanes of at least 4 members (excludes halogenated alkanes) is 15. The highest BCUT2D eigenvalue weighted by atomic mass is 16.5. The third kappa shape index (κ3) is 21.6. The number of hydrogen-bond acceptors (Lipinski definition) is 2. The Hall–Kier alpha value is -1.09. The van der Waals surface area contributed by atoms with E-state index in [2.05, 4.69) is 31.2 Å². The molecule has 0 heterocycles. The lowest BCUT2D eigenvalue weighted by atomic mass is 10.0. The van der Waals surface area contributed by atoms with Crippen LogP contribution in [-0.4, -0.2) is 24.3 Å². The van der Waals surface area contributed by atoms with Gasteiger partial charge in [-0.25, -0.2) is 4.79 Å². The number of hydrogen-bond donors (Lipinski definition) is 1. The molecule has 0 fully saturated rings. The standard InChI is InChI=1S/C27H50O3/c1-3-4-5-6-7-8-9-10-11-12-13-14-15-16-17-18-19-20-21-22-23-24-25-26(30-2)27(28)29/h8-9,22-23,26H,3-7,10-21,24-25H2,1-2H3,(H,28,29). The van der Waals surface area contributed by atoms with Crippen molar-refractivity contribution in [2.45, 2.75) is 135 Å². The highest BCUT2D eigenvalue weighted by Gasteiger charge is 2.14. The molecule has 0 saturated heterocycles. The Kier molecular flexibility index (Phi) is 23.3. The van der Waals surface area contributed by atoms with Crippen molar-refractivity contribution >= 4 is 5.97 Å². The highest BCUT2D eigenvalue weighted by molar-refractivity contribution is 5.72. The Morgan fingerprint density at radius 2 is 1.03 bits per heavy atom. The maximum absolute atomic E-state index is 10.8. The second-order valence-corrected chi connectivity index (χ2v) is 8.54. The molecule has 0 aliphatic rings. The molecular weight excluding hydrogens is 372 g/mol. The molecule has 30 heavy (non-hydrogen) atoms. The summed E-state index contributed by atoms with van der Waals surface area (Å²) < 4.78 is 4.92. The van der Waals surface area contributed by atoms with Gasteiger partial charge in [-0.15, -0.1) is 0 Å². The molecule has 3 nitrogen and oxygen atoms in total. The van der Waals surface area contributed by atoms with E-state index in [1.54, 1.807) is 0 Å². The van der Waals surface area contributed by atoms with Crippen LogP contribution in [0.3, 0.4) is 0 Å². The summed E-state index contributed by atoms with van der Waals surface area (Å²) in [5.74, 6) is -0.869. The van der Waals surface area contributed by atoms with Crippen molar-refractivity contribution in [2.24, 2.45) is 0 Å². The number of carboxylic acids is 1. The fraction of sp³-hybridized carbons (Fsp3) is 0.815. The van der Waals surface area contributed by atoms with Gasteiger partial charge in [0.05, 0.1) is 0 Å². The molecule has 0 amide bonds. The summed E-state index contributed by atoms with van der Waals surface area (Å²) in [6.07, 6.45) is 32.5. The summed E-state index contributed by atoms with van der Waals surface area (Å²) in [7, 11) is 1.46. The molecule has 0 radical (unpaired) electrons. The zero-order valence-electron chi connectivity index (χ0n) is 20.1. The Morgan fingerprint density at radius 3 is 1.40 bits per heavy atom. The van der Waals surface area contributed by atoms with Crippen LogP contribution in [0.5, 0.6) is 0 Å². The molecule has 0 aromatic rings. The lowest BCUT2D eigenvalue weighted by Gasteiger charge is -2.07. The van der Waals surface area contributed by atoms with Crippen molar-refractivity contribution < 1.29 is 14.6 Å². The molecule has 0 aromatic carbocycles. The van der Waals surface area contributed by atoms with E-state index in [1.807, 2.05) is 0 Å². The van der Waals surface area contributed by atoms with Crippen molar-refractivity contribution in [2.75, 3.05) is 7.11 Å². The predicted octanol–water partition coefficient (Wildman–Crippen LogP) is 8.63. The molecule has 176 valence electrons. The number of ether oxygens (including phenoxy) is 1. The third-order valence-electron chi connectivity index (χ3n) is 5.70. The molecule has 0 aliphatic carbocycles. The second kappa shape index (κ2) is 24.2. The molecule has 0 bridgehead atoms. The first kappa shape index (κ1) is 28.9. The van der Waals surface area contributed by atoms with Crippen LogP contribution in [0.25, 0.3) is 0 Å². The number of allylic oxidation sites excluding steroid dienone is 4. The van der Waals surface area contributed by atoms with Gasteiger partial charge in [0.2, 0.25) is 0 Å². The van der Waals surface area contributed by atoms with Crippen molar-refractivity contribution in [1.29, 1.82) is 0 Å². The predicted molar refractivity (Wildman–Crippen MR) is 130 cm³/mol. The first-order chi connectivity index (χ1) is 14.7. The molecule has 1 N–H and O–H groups in total. The minimum Gasteiger partial charge on any atom is -0.479 e. The average Bonchev–Trinajstić information content (AvgIpc) is 2.74. The molecule has 0 aromatic heterocycles. The second-order valence-electron chi connectivity index (χ2n) is 8.54. The Labute approximate surface area is 187 Å². The van der Waals surface area contributed by atoms with Crippen LogP contribution >= 0.6 is 0 Å². The monoisotopic (exact) mass is 422 g/mol. The quantitative estimate of drug-likeness (QED) is 0.132. The number of rotatable bonds is 23. The molecule has 0 rings (SSSR count). The van der Waals surface area contributed by atoms with Gasteiger partial charge >= 0.3 is 5.97 Å². The van der Waals surface area contributed by atoms with E-state index in [4.69, 9.17) is 9.84 Å². The summed E-state index contributed by atoms with van der Waals surface area (Å²) in [5.41, 5.74) is 0. The van der Waals surface area contributed by atoms with Crippen molar-refractivity contribution in [3.05, 3.63) is 24.3 Å². The summed E-state index contributed by atoms with van der Waals surface area (Å²) in [6.45, 7) is 2.27. The van der Waals surface area contributed by atoms with Crippen molar-refractivity contribution in [3.8, 4) is 0 Å². The van der Waals surface area contributed by atoms with Crippen LogP contribution in [0.1, 0.15) is 129 Å². The van der Waals surface area contributed by atoms with E-state index >= 15 is 0 Å². The van der Waals surface area contributed by atoms with Gasteiger partial charge in [-0.1, -0.05) is 102 Å². The molecule has 0 spiro atoms. The molecule has 0 saturated carbocycles. The first-order valence-corrected chi connectivity index (χ1v) is 12.8. The Bertz CT molecular complexity index is 414. The fourth-order valence-corrected chi connectivity index (χ4v) is 3.69. The number of methoxy groups -OCH3 is 1. The fourth-order valence-electron chi connectivity index (χ4n) is 3.69.